The van der Waals surface area contributed by atoms with Crippen molar-refractivity contribution in [2.75, 3.05) is 13.1 Å². The SMILES string of the molecule is CCNCCC1(OCc2ccc(Cl)cc2)CCC1. The number of benzene rings is 1. The van der Waals surface area contributed by atoms with Gasteiger partial charge in [-0.1, -0.05) is 30.7 Å². The summed E-state index contributed by atoms with van der Waals surface area (Å²) in [5, 5.41) is 4.16. The molecule has 0 aromatic heterocycles. The number of ether oxygens (including phenoxy) is 1. The summed E-state index contributed by atoms with van der Waals surface area (Å²) >= 11 is 5.88. The summed E-state index contributed by atoms with van der Waals surface area (Å²) in [6.07, 6.45) is 4.82. The summed E-state index contributed by atoms with van der Waals surface area (Å²) in [4.78, 5) is 0. The lowest BCUT2D eigenvalue weighted by Crippen LogP contribution is -2.42. The molecule has 1 aliphatic carbocycles. The summed E-state index contributed by atoms with van der Waals surface area (Å²) in [6, 6.07) is 7.93. The van der Waals surface area contributed by atoms with Crippen LogP contribution in [0.2, 0.25) is 5.02 Å². The summed E-state index contributed by atoms with van der Waals surface area (Å²) in [6.45, 7) is 4.93. The molecule has 0 saturated heterocycles. The lowest BCUT2D eigenvalue weighted by atomic mass is 9.77. The third-order valence-electron chi connectivity index (χ3n) is 3.73. The number of hydrogen-bond acceptors (Lipinski definition) is 2. The number of halogens is 1. The predicted octanol–water partition coefficient (Wildman–Crippen LogP) is 3.78. The molecule has 18 heavy (non-hydrogen) atoms. The van der Waals surface area contributed by atoms with Crippen LogP contribution >= 0.6 is 11.6 Å². The van der Waals surface area contributed by atoms with Crippen LogP contribution in [0.5, 0.6) is 0 Å². The quantitative estimate of drug-likeness (QED) is 0.759. The van der Waals surface area contributed by atoms with Crippen LogP contribution in [0.1, 0.15) is 38.2 Å². The maximum atomic E-state index is 6.15. The van der Waals surface area contributed by atoms with E-state index in [-0.39, 0.29) is 5.60 Å². The van der Waals surface area contributed by atoms with Crippen molar-refractivity contribution in [3.05, 3.63) is 34.9 Å². The van der Waals surface area contributed by atoms with Crippen LogP contribution in [0.25, 0.3) is 0 Å². The fourth-order valence-corrected chi connectivity index (χ4v) is 2.47. The first-order valence-electron chi connectivity index (χ1n) is 6.83. The van der Waals surface area contributed by atoms with Crippen LogP contribution < -0.4 is 5.32 Å². The molecule has 0 radical (unpaired) electrons. The Hall–Kier alpha value is -0.570. The van der Waals surface area contributed by atoms with E-state index in [1.54, 1.807) is 0 Å². The van der Waals surface area contributed by atoms with Crippen molar-refractivity contribution in [2.45, 2.75) is 44.8 Å². The van der Waals surface area contributed by atoms with E-state index in [4.69, 9.17) is 16.3 Å². The zero-order valence-electron chi connectivity index (χ0n) is 11.0. The van der Waals surface area contributed by atoms with E-state index in [0.717, 1.165) is 24.5 Å². The minimum atomic E-state index is 0.127. The first-order chi connectivity index (χ1) is 8.74. The summed E-state index contributed by atoms with van der Waals surface area (Å²) < 4.78 is 6.15. The predicted molar refractivity (Wildman–Crippen MR) is 76.0 cm³/mol. The summed E-state index contributed by atoms with van der Waals surface area (Å²) in [5.41, 5.74) is 1.33. The van der Waals surface area contributed by atoms with Gasteiger partial charge in [0.1, 0.15) is 0 Å². The van der Waals surface area contributed by atoms with E-state index in [9.17, 15) is 0 Å². The molecule has 1 fully saturated rings. The van der Waals surface area contributed by atoms with Gasteiger partial charge in [-0.2, -0.15) is 0 Å². The average molecular weight is 268 g/mol. The normalized spacial score (nSPS) is 17.4. The number of rotatable bonds is 7. The molecule has 1 N–H and O–H groups in total. The van der Waals surface area contributed by atoms with Crippen LogP contribution in [0.15, 0.2) is 24.3 Å². The van der Waals surface area contributed by atoms with E-state index in [1.807, 2.05) is 24.3 Å². The molecule has 1 saturated carbocycles. The Kier molecular flexibility index (Phi) is 5.04. The smallest absolute Gasteiger partial charge is 0.0724 e. The molecule has 0 heterocycles. The van der Waals surface area contributed by atoms with E-state index < -0.39 is 0 Å². The van der Waals surface area contributed by atoms with Gasteiger partial charge in [0.05, 0.1) is 12.2 Å². The zero-order chi connectivity index (χ0) is 12.8. The van der Waals surface area contributed by atoms with Crippen molar-refractivity contribution in [2.24, 2.45) is 0 Å². The highest BCUT2D eigenvalue weighted by molar-refractivity contribution is 6.30. The Morgan fingerprint density at radius 3 is 2.56 bits per heavy atom. The second-order valence-corrected chi connectivity index (χ2v) is 5.49. The molecular weight excluding hydrogens is 246 g/mol. The van der Waals surface area contributed by atoms with Crippen molar-refractivity contribution in [1.82, 2.24) is 5.32 Å². The number of hydrogen-bond donors (Lipinski definition) is 1. The van der Waals surface area contributed by atoms with Crippen molar-refractivity contribution in [1.29, 1.82) is 0 Å². The largest absolute Gasteiger partial charge is 0.370 e. The Morgan fingerprint density at radius 1 is 1.28 bits per heavy atom. The standard InChI is InChI=1S/C15H22ClNO/c1-2-17-11-10-15(8-3-9-15)18-12-13-4-6-14(16)7-5-13/h4-7,17H,2-3,8-12H2,1H3. The third kappa shape index (κ3) is 3.71. The highest BCUT2D eigenvalue weighted by Gasteiger charge is 2.37. The molecule has 3 heteroatoms. The molecule has 0 amide bonds. The first kappa shape index (κ1) is 13.9. The van der Waals surface area contributed by atoms with Crippen LogP contribution in [-0.4, -0.2) is 18.7 Å². The lowest BCUT2D eigenvalue weighted by molar-refractivity contribution is -0.113. The average Bonchev–Trinajstić information content (AvgIpc) is 2.34. The highest BCUT2D eigenvalue weighted by atomic mass is 35.5. The first-order valence-corrected chi connectivity index (χ1v) is 7.21. The molecule has 0 aliphatic heterocycles. The van der Waals surface area contributed by atoms with Crippen molar-refractivity contribution in [3.63, 3.8) is 0 Å². The van der Waals surface area contributed by atoms with Gasteiger partial charge >= 0.3 is 0 Å². The molecule has 2 rings (SSSR count). The van der Waals surface area contributed by atoms with Gasteiger partial charge in [-0.05, 0) is 56.5 Å². The molecule has 100 valence electrons. The summed E-state index contributed by atoms with van der Waals surface area (Å²) in [5.74, 6) is 0. The second kappa shape index (κ2) is 6.55. The zero-order valence-corrected chi connectivity index (χ0v) is 11.8. The molecule has 0 spiro atoms. The van der Waals surface area contributed by atoms with E-state index in [0.29, 0.717) is 6.61 Å². The van der Waals surface area contributed by atoms with Gasteiger partial charge in [-0.3, -0.25) is 0 Å². The molecule has 1 aromatic rings. The fourth-order valence-electron chi connectivity index (χ4n) is 2.35. The maximum absolute atomic E-state index is 6.15. The van der Waals surface area contributed by atoms with Gasteiger partial charge in [0.2, 0.25) is 0 Å². The molecule has 0 bridgehead atoms. The van der Waals surface area contributed by atoms with E-state index in [1.165, 1.54) is 24.8 Å². The van der Waals surface area contributed by atoms with Gasteiger partial charge in [-0.15, -0.1) is 0 Å². The van der Waals surface area contributed by atoms with Gasteiger partial charge in [0.25, 0.3) is 0 Å². The molecule has 0 unspecified atom stereocenters. The fraction of sp³-hybridized carbons (Fsp3) is 0.600. The van der Waals surface area contributed by atoms with E-state index >= 15 is 0 Å². The van der Waals surface area contributed by atoms with Crippen molar-refractivity contribution in [3.8, 4) is 0 Å². The highest BCUT2D eigenvalue weighted by Crippen LogP contribution is 2.39. The van der Waals surface area contributed by atoms with Crippen LogP contribution in [-0.2, 0) is 11.3 Å². The Labute approximate surface area is 115 Å². The van der Waals surface area contributed by atoms with Gasteiger partial charge in [-0.25, -0.2) is 0 Å². The number of nitrogens with one attached hydrogen (secondary N) is 1. The van der Waals surface area contributed by atoms with Gasteiger partial charge in [0, 0.05) is 5.02 Å². The Morgan fingerprint density at radius 2 is 2.00 bits per heavy atom. The summed E-state index contributed by atoms with van der Waals surface area (Å²) in [7, 11) is 0. The molecular formula is C15H22ClNO. The topological polar surface area (TPSA) is 21.3 Å². The van der Waals surface area contributed by atoms with E-state index in [2.05, 4.69) is 12.2 Å². The van der Waals surface area contributed by atoms with Crippen molar-refractivity contribution >= 4 is 11.6 Å². The minimum absolute atomic E-state index is 0.127. The van der Waals surface area contributed by atoms with Gasteiger partial charge in [0.15, 0.2) is 0 Å². The molecule has 1 aromatic carbocycles. The maximum Gasteiger partial charge on any atom is 0.0724 e. The molecule has 1 aliphatic rings. The molecule has 0 atom stereocenters. The monoisotopic (exact) mass is 267 g/mol. The van der Waals surface area contributed by atoms with Gasteiger partial charge < -0.3 is 10.1 Å². The Bertz CT molecular complexity index is 359. The lowest BCUT2D eigenvalue weighted by Gasteiger charge is -2.42. The van der Waals surface area contributed by atoms with Crippen molar-refractivity contribution < 1.29 is 4.74 Å². The Balaban J connectivity index is 1.81. The third-order valence-corrected chi connectivity index (χ3v) is 3.98. The van der Waals surface area contributed by atoms with Crippen LogP contribution in [0.3, 0.4) is 0 Å². The molecule has 2 nitrogen and oxygen atoms in total. The van der Waals surface area contributed by atoms with Crippen LogP contribution in [0, 0.1) is 0 Å². The second-order valence-electron chi connectivity index (χ2n) is 5.06. The minimum Gasteiger partial charge on any atom is -0.370 e. The van der Waals surface area contributed by atoms with Crippen LogP contribution in [0.4, 0.5) is 0 Å².